The molecular formula is C27H40F2O. The van der Waals surface area contributed by atoms with E-state index in [0.29, 0.717) is 12.2 Å². The van der Waals surface area contributed by atoms with Gasteiger partial charge in [-0.2, -0.15) is 4.39 Å². The molecule has 0 atom stereocenters. The molecule has 168 valence electrons. The number of hydrogen-bond acceptors (Lipinski definition) is 1. The first-order chi connectivity index (χ1) is 14.6. The first kappa shape index (κ1) is 23.3. The van der Waals surface area contributed by atoms with Gasteiger partial charge in [-0.1, -0.05) is 57.6 Å². The van der Waals surface area contributed by atoms with Gasteiger partial charge in [0, 0.05) is 5.56 Å². The van der Waals surface area contributed by atoms with Crippen molar-refractivity contribution in [2.24, 2.45) is 23.7 Å². The number of ether oxygens (including phenoxy) is 1. The normalized spacial score (nSPS) is 27.5. The van der Waals surface area contributed by atoms with Gasteiger partial charge in [0.1, 0.15) is 0 Å². The van der Waals surface area contributed by atoms with E-state index in [-0.39, 0.29) is 5.75 Å². The molecule has 2 aliphatic carbocycles. The summed E-state index contributed by atoms with van der Waals surface area (Å²) in [6, 6.07) is 3.11. The Morgan fingerprint density at radius 3 is 2.00 bits per heavy atom. The Kier molecular flexibility index (Phi) is 9.21. The van der Waals surface area contributed by atoms with Crippen LogP contribution in [0.25, 0.3) is 6.08 Å². The van der Waals surface area contributed by atoms with Crippen molar-refractivity contribution in [3.63, 3.8) is 0 Å². The van der Waals surface area contributed by atoms with Crippen LogP contribution in [0.3, 0.4) is 0 Å². The smallest absolute Gasteiger partial charge is 0.201 e. The monoisotopic (exact) mass is 418 g/mol. The lowest BCUT2D eigenvalue weighted by Gasteiger charge is -2.38. The average molecular weight is 419 g/mol. The summed E-state index contributed by atoms with van der Waals surface area (Å²) in [5.74, 6) is 2.03. The van der Waals surface area contributed by atoms with Gasteiger partial charge in [-0.15, -0.1) is 0 Å². The molecule has 30 heavy (non-hydrogen) atoms. The molecule has 1 nitrogen and oxygen atoms in total. The van der Waals surface area contributed by atoms with Crippen LogP contribution in [-0.4, -0.2) is 6.61 Å². The Labute approximate surface area is 182 Å². The van der Waals surface area contributed by atoms with Crippen LogP contribution < -0.4 is 4.74 Å². The highest BCUT2D eigenvalue weighted by atomic mass is 19.2. The summed E-state index contributed by atoms with van der Waals surface area (Å²) in [6.07, 6.45) is 19.9. The van der Waals surface area contributed by atoms with Crippen LogP contribution in [-0.2, 0) is 0 Å². The van der Waals surface area contributed by atoms with Crippen LogP contribution >= 0.6 is 0 Å². The zero-order valence-electron chi connectivity index (χ0n) is 19.0. The van der Waals surface area contributed by atoms with Gasteiger partial charge in [-0.25, -0.2) is 4.39 Å². The van der Waals surface area contributed by atoms with E-state index >= 15 is 0 Å². The molecule has 1 aromatic rings. The molecule has 0 amide bonds. The second kappa shape index (κ2) is 11.9. The van der Waals surface area contributed by atoms with Gasteiger partial charge in [0.15, 0.2) is 11.6 Å². The minimum Gasteiger partial charge on any atom is -0.491 e. The summed E-state index contributed by atoms with van der Waals surface area (Å²) in [5, 5.41) is 0. The molecule has 0 aromatic heterocycles. The fourth-order valence-corrected chi connectivity index (χ4v) is 5.79. The summed E-state index contributed by atoms with van der Waals surface area (Å²) in [7, 11) is 0. The zero-order valence-corrected chi connectivity index (χ0v) is 19.0. The third-order valence-corrected chi connectivity index (χ3v) is 7.56. The lowest BCUT2D eigenvalue weighted by Crippen LogP contribution is -2.25. The SMILES string of the molecule is CCCC1CCC(C2CCC(CC/C=C/c3ccc(OCC)c(F)c3F)CC2)CC1. The zero-order chi connectivity index (χ0) is 21.3. The molecule has 0 bridgehead atoms. The van der Waals surface area contributed by atoms with Gasteiger partial charge in [0.05, 0.1) is 6.61 Å². The lowest BCUT2D eigenvalue weighted by molar-refractivity contribution is 0.141. The number of halogens is 2. The van der Waals surface area contributed by atoms with Gasteiger partial charge in [-0.05, 0) is 81.3 Å². The summed E-state index contributed by atoms with van der Waals surface area (Å²) in [6.45, 7) is 4.40. The van der Waals surface area contributed by atoms with Crippen LogP contribution in [0.2, 0.25) is 0 Å². The number of hydrogen-bond donors (Lipinski definition) is 0. The molecule has 0 aliphatic heterocycles. The predicted molar refractivity (Wildman–Crippen MR) is 122 cm³/mol. The fourth-order valence-electron chi connectivity index (χ4n) is 5.79. The van der Waals surface area contributed by atoms with Crippen molar-refractivity contribution < 1.29 is 13.5 Å². The lowest BCUT2D eigenvalue weighted by atomic mass is 9.68. The van der Waals surface area contributed by atoms with Gasteiger partial charge < -0.3 is 4.74 Å². The average Bonchev–Trinajstić information content (AvgIpc) is 2.77. The maximum atomic E-state index is 14.1. The molecule has 3 rings (SSSR count). The molecule has 1 aromatic carbocycles. The maximum Gasteiger partial charge on any atom is 0.201 e. The van der Waals surface area contributed by atoms with E-state index in [1.807, 2.05) is 6.08 Å². The highest BCUT2D eigenvalue weighted by Gasteiger charge is 2.30. The molecule has 2 aliphatic rings. The van der Waals surface area contributed by atoms with Gasteiger partial charge in [0.2, 0.25) is 5.82 Å². The van der Waals surface area contributed by atoms with Crippen LogP contribution in [0, 0.1) is 35.3 Å². The van der Waals surface area contributed by atoms with Crippen molar-refractivity contribution in [3.8, 4) is 5.75 Å². The molecule has 0 N–H and O–H groups in total. The first-order valence-electron chi connectivity index (χ1n) is 12.4. The van der Waals surface area contributed by atoms with Crippen molar-refractivity contribution in [1.29, 1.82) is 0 Å². The highest BCUT2D eigenvalue weighted by molar-refractivity contribution is 5.52. The Bertz CT molecular complexity index is 668. The van der Waals surface area contributed by atoms with E-state index in [2.05, 4.69) is 6.92 Å². The third-order valence-electron chi connectivity index (χ3n) is 7.56. The van der Waals surface area contributed by atoms with Crippen LogP contribution in [0.1, 0.15) is 96.5 Å². The number of allylic oxidation sites excluding steroid dienone is 1. The van der Waals surface area contributed by atoms with E-state index in [1.54, 1.807) is 19.1 Å². The Balaban J connectivity index is 1.38. The highest BCUT2D eigenvalue weighted by Crippen LogP contribution is 2.43. The summed E-state index contributed by atoms with van der Waals surface area (Å²) >= 11 is 0. The van der Waals surface area contributed by atoms with Crippen molar-refractivity contribution in [2.45, 2.75) is 90.9 Å². The van der Waals surface area contributed by atoms with Crippen molar-refractivity contribution >= 4 is 6.08 Å². The second-order valence-electron chi connectivity index (χ2n) is 9.54. The molecule has 0 heterocycles. The standard InChI is InChI=1S/C27H40F2O/c1-3-7-20-10-14-22(15-11-20)23-16-12-21(13-17-23)8-5-6-9-24-18-19-25(30-4-2)27(29)26(24)28/h6,9,18-23H,3-5,7-8,10-17H2,1-2H3/b9-6+. The third kappa shape index (κ3) is 6.31. The van der Waals surface area contributed by atoms with E-state index in [0.717, 1.165) is 36.5 Å². The molecule has 2 fully saturated rings. The maximum absolute atomic E-state index is 14.1. The fraction of sp³-hybridized carbons (Fsp3) is 0.704. The van der Waals surface area contributed by atoms with Crippen molar-refractivity contribution in [2.75, 3.05) is 6.61 Å². The summed E-state index contributed by atoms with van der Waals surface area (Å²) in [5.41, 5.74) is 0.304. The topological polar surface area (TPSA) is 9.23 Å². The molecule has 0 unspecified atom stereocenters. The summed E-state index contributed by atoms with van der Waals surface area (Å²) < 4.78 is 33.2. The quantitative estimate of drug-likeness (QED) is 0.390. The minimum absolute atomic E-state index is 0.0113. The van der Waals surface area contributed by atoms with E-state index < -0.39 is 11.6 Å². The van der Waals surface area contributed by atoms with Crippen molar-refractivity contribution in [3.05, 3.63) is 35.4 Å². The summed E-state index contributed by atoms with van der Waals surface area (Å²) in [4.78, 5) is 0. The van der Waals surface area contributed by atoms with Crippen LogP contribution in [0.5, 0.6) is 5.75 Å². The number of benzene rings is 1. The Morgan fingerprint density at radius 2 is 1.43 bits per heavy atom. The van der Waals surface area contributed by atoms with Gasteiger partial charge in [-0.3, -0.25) is 0 Å². The molecule has 0 saturated heterocycles. The van der Waals surface area contributed by atoms with Crippen LogP contribution in [0.4, 0.5) is 8.78 Å². The second-order valence-corrected chi connectivity index (χ2v) is 9.54. The van der Waals surface area contributed by atoms with Crippen molar-refractivity contribution in [1.82, 2.24) is 0 Å². The Morgan fingerprint density at radius 1 is 0.833 bits per heavy atom. The van der Waals surface area contributed by atoms with Gasteiger partial charge >= 0.3 is 0 Å². The molecule has 2 saturated carbocycles. The molecular weight excluding hydrogens is 378 g/mol. The van der Waals surface area contributed by atoms with E-state index in [9.17, 15) is 8.78 Å². The largest absolute Gasteiger partial charge is 0.491 e. The first-order valence-corrected chi connectivity index (χ1v) is 12.4. The van der Waals surface area contributed by atoms with E-state index in [4.69, 9.17) is 4.74 Å². The Hall–Kier alpha value is -1.38. The molecule has 0 spiro atoms. The van der Waals surface area contributed by atoms with E-state index in [1.165, 1.54) is 70.3 Å². The van der Waals surface area contributed by atoms with Crippen LogP contribution in [0.15, 0.2) is 18.2 Å². The predicted octanol–water partition coefficient (Wildman–Crippen LogP) is 8.57. The number of rotatable bonds is 9. The minimum atomic E-state index is -0.888. The molecule has 3 heteroatoms. The van der Waals surface area contributed by atoms with Gasteiger partial charge in [0.25, 0.3) is 0 Å². The molecule has 0 radical (unpaired) electrons.